The summed E-state index contributed by atoms with van der Waals surface area (Å²) in [4.78, 5) is 33.4. The van der Waals surface area contributed by atoms with Crippen LogP contribution < -0.4 is 0 Å². The van der Waals surface area contributed by atoms with Crippen LogP contribution in [0.5, 0.6) is 0 Å². The molecule has 0 saturated carbocycles. The molecule has 6 nitrogen and oxygen atoms in total. The number of nitrogens with zero attached hydrogens (tertiary/aromatic N) is 1. The van der Waals surface area contributed by atoms with E-state index in [1.165, 1.54) is 25.1 Å². The van der Waals surface area contributed by atoms with E-state index in [-0.39, 0.29) is 22.6 Å². The molecule has 7 heteroatoms. The number of nitro benzene ring substituents is 1. The lowest BCUT2D eigenvalue weighted by molar-refractivity contribution is -0.385. The van der Waals surface area contributed by atoms with Crippen molar-refractivity contribution >= 4 is 33.4 Å². The Bertz CT molecular complexity index is 529. The molecule has 0 bridgehead atoms. The molecule has 1 atom stereocenters. The number of esters is 1. The minimum absolute atomic E-state index is 0.130. The number of hydrogen-bond acceptors (Lipinski definition) is 5. The second-order valence-electron chi connectivity index (χ2n) is 3.76. The van der Waals surface area contributed by atoms with E-state index >= 15 is 0 Å². The summed E-state index contributed by atoms with van der Waals surface area (Å²) in [7, 11) is 0. The zero-order valence-electron chi connectivity index (χ0n) is 10.4. The van der Waals surface area contributed by atoms with Crippen LogP contribution in [0, 0.1) is 10.1 Å². The van der Waals surface area contributed by atoms with Gasteiger partial charge in [-0.3, -0.25) is 19.7 Å². The molecule has 1 unspecified atom stereocenters. The van der Waals surface area contributed by atoms with Gasteiger partial charge in [-0.15, -0.1) is 0 Å². The number of nitro groups is 1. The number of Topliss-reactive ketones (excluding diaryl/α,β-unsaturated/α-hetero) is 1. The Hall–Kier alpha value is -1.76. The van der Waals surface area contributed by atoms with Crippen LogP contribution in [0.1, 0.15) is 25.3 Å². The zero-order chi connectivity index (χ0) is 14.6. The number of carbonyl (C=O) groups is 2. The van der Waals surface area contributed by atoms with Crippen molar-refractivity contribution in [3.8, 4) is 0 Å². The molecule has 1 aromatic carbocycles. The van der Waals surface area contributed by atoms with E-state index in [0.717, 1.165) is 0 Å². The molecule has 0 radical (unpaired) electrons. The molecule has 19 heavy (non-hydrogen) atoms. The maximum Gasteiger partial charge on any atom is 0.320 e. The van der Waals surface area contributed by atoms with E-state index in [0.29, 0.717) is 5.56 Å². The van der Waals surface area contributed by atoms with Crippen molar-refractivity contribution in [3.05, 3.63) is 38.3 Å². The normalized spacial score (nSPS) is 11.7. The molecule has 0 spiro atoms. The molecule has 0 aliphatic carbocycles. The van der Waals surface area contributed by atoms with Crippen LogP contribution in [-0.4, -0.2) is 23.3 Å². The Labute approximate surface area is 118 Å². The molecule has 0 fully saturated rings. The molecule has 1 rings (SSSR count). The Morgan fingerprint density at radius 3 is 2.53 bits per heavy atom. The molecule has 102 valence electrons. The summed E-state index contributed by atoms with van der Waals surface area (Å²) in [6.45, 7) is 3.08. The first-order valence-electron chi connectivity index (χ1n) is 5.49. The minimum atomic E-state index is -1.06. The SMILES string of the molecule is CCOC(=O)C(C(C)=O)c1ccc([N+](=O)[O-])c(Br)c1. The van der Waals surface area contributed by atoms with Crippen molar-refractivity contribution < 1.29 is 19.2 Å². The maximum atomic E-state index is 11.7. The number of benzene rings is 1. The predicted octanol–water partition coefficient (Wildman–Crippen LogP) is 2.59. The molecule has 0 saturated heterocycles. The lowest BCUT2D eigenvalue weighted by Crippen LogP contribution is -2.22. The van der Waals surface area contributed by atoms with Crippen molar-refractivity contribution in [1.29, 1.82) is 0 Å². The van der Waals surface area contributed by atoms with E-state index in [4.69, 9.17) is 4.74 Å². The maximum absolute atomic E-state index is 11.7. The van der Waals surface area contributed by atoms with Gasteiger partial charge in [0, 0.05) is 6.07 Å². The van der Waals surface area contributed by atoms with Crippen LogP contribution in [-0.2, 0) is 14.3 Å². The Kier molecular flexibility index (Phi) is 5.17. The summed E-state index contributed by atoms with van der Waals surface area (Å²) >= 11 is 3.05. The average Bonchev–Trinajstić information content (AvgIpc) is 2.28. The molecule has 0 heterocycles. The van der Waals surface area contributed by atoms with Crippen molar-refractivity contribution in [1.82, 2.24) is 0 Å². The highest BCUT2D eigenvalue weighted by molar-refractivity contribution is 9.10. The van der Waals surface area contributed by atoms with Gasteiger partial charge in [-0.1, -0.05) is 6.07 Å². The Morgan fingerprint density at radius 1 is 1.47 bits per heavy atom. The fourth-order valence-corrected chi connectivity index (χ4v) is 2.15. The van der Waals surface area contributed by atoms with Crippen LogP contribution in [0.15, 0.2) is 22.7 Å². The van der Waals surface area contributed by atoms with Gasteiger partial charge in [-0.25, -0.2) is 0 Å². The molecule has 0 N–H and O–H groups in total. The van der Waals surface area contributed by atoms with E-state index in [9.17, 15) is 19.7 Å². The number of halogens is 1. The van der Waals surface area contributed by atoms with Gasteiger partial charge >= 0.3 is 5.97 Å². The standard InChI is InChI=1S/C12H12BrNO5/c1-3-19-12(16)11(7(2)15)8-4-5-10(14(17)18)9(13)6-8/h4-6,11H,3H2,1-2H3. The number of hydrogen-bond donors (Lipinski definition) is 0. The van der Waals surface area contributed by atoms with Gasteiger partial charge in [-0.2, -0.15) is 0 Å². The summed E-state index contributed by atoms with van der Waals surface area (Å²) in [5.41, 5.74) is 0.235. The fourth-order valence-electron chi connectivity index (χ4n) is 1.61. The smallest absolute Gasteiger partial charge is 0.320 e. The highest BCUT2D eigenvalue weighted by Gasteiger charge is 2.28. The first-order chi connectivity index (χ1) is 8.88. The number of ether oxygens (including phenoxy) is 1. The van der Waals surface area contributed by atoms with Gasteiger partial charge < -0.3 is 4.74 Å². The number of rotatable bonds is 5. The van der Waals surface area contributed by atoms with E-state index in [1.54, 1.807) is 6.92 Å². The van der Waals surface area contributed by atoms with Gasteiger partial charge in [0.25, 0.3) is 5.69 Å². The zero-order valence-corrected chi connectivity index (χ0v) is 12.0. The summed E-state index contributed by atoms with van der Waals surface area (Å²) in [5.74, 6) is -2.09. The second-order valence-corrected chi connectivity index (χ2v) is 4.62. The minimum Gasteiger partial charge on any atom is -0.465 e. The van der Waals surface area contributed by atoms with Crippen molar-refractivity contribution in [2.45, 2.75) is 19.8 Å². The van der Waals surface area contributed by atoms with Crippen LogP contribution in [0.4, 0.5) is 5.69 Å². The third-order valence-electron chi connectivity index (χ3n) is 2.43. The van der Waals surface area contributed by atoms with Crippen molar-refractivity contribution in [2.24, 2.45) is 0 Å². The third-order valence-corrected chi connectivity index (χ3v) is 3.07. The molecule has 0 aliphatic heterocycles. The monoisotopic (exact) mass is 329 g/mol. The summed E-state index contributed by atoms with van der Waals surface area (Å²) < 4.78 is 5.04. The largest absolute Gasteiger partial charge is 0.465 e. The summed E-state index contributed by atoms with van der Waals surface area (Å²) in [6, 6.07) is 4.02. The quantitative estimate of drug-likeness (QED) is 0.358. The third kappa shape index (κ3) is 3.60. The number of carbonyl (C=O) groups excluding carboxylic acids is 2. The van der Waals surface area contributed by atoms with Crippen LogP contribution in [0.3, 0.4) is 0 Å². The van der Waals surface area contributed by atoms with Crippen molar-refractivity contribution in [2.75, 3.05) is 6.61 Å². The Morgan fingerprint density at radius 2 is 2.11 bits per heavy atom. The van der Waals surface area contributed by atoms with E-state index in [2.05, 4.69) is 15.9 Å². The lowest BCUT2D eigenvalue weighted by atomic mass is 9.95. The molecular weight excluding hydrogens is 318 g/mol. The fraction of sp³-hybridized carbons (Fsp3) is 0.333. The summed E-state index contributed by atoms with van der Waals surface area (Å²) in [6.07, 6.45) is 0. The predicted molar refractivity (Wildman–Crippen MR) is 70.9 cm³/mol. The lowest BCUT2D eigenvalue weighted by Gasteiger charge is -2.13. The van der Waals surface area contributed by atoms with Gasteiger partial charge in [0.2, 0.25) is 0 Å². The van der Waals surface area contributed by atoms with Gasteiger partial charge in [-0.05, 0) is 41.4 Å². The topological polar surface area (TPSA) is 86.5 Å². The molecular formula is C12H12BrNO5. The first-order valence-corrected chi connectivity index (χ1v) is 6.28. The Balaban J connectivity index is 3.18. The van der Waals surface area contributed by atoms with Crippen LogP contribution in [0.2, 0.25) is 0 Å². The number of ketones is 1. The van der Waals surface area contributed by atoms with Gasteiger partial charge in [0.1, 0.15) is 11.7 Å². The highest BCUT2D eigenvalue weighted by atomic mass is 79.9. The molecule has 0 aliphatic rings. The second kappa shape index (κ2) is 6.42. The average molecular weight is 330 g/mol. The first kappa shape index (κ1) is 15.3. The van der Waals surface area contributed by atoms with E-state index < -0.39 is 16.8 Å². The summed E-state index contributed by atoms with van der Waals surface area (Å²) in [5, 5.41) is 10.7. The molecule has 1 aromatic rings. The van der Waals surface area contributed by atoms with Crippen LogP contribution in [0.25, 0.3) is 0 Å². The molecule has 0 aromatic heterocycles. The van der Waals surface area contributed by atoms with Gasteiger partial charge in [0.05, 0.1) is 16.0 Å². The van der Waals surface area contributed by atoms with Crippen molar-refractivity contribution in [3.63, 3.8) is 0 Å². The molecule has 0 amide bonds. The van der Waals surface area contributed by atoms with Gasteiger partial charge in [0.15, 0.2) is 0 Å². The van der Waals surface area contributed by atoms with E-state index in [1.807, 2.05) is 0 Å². The highest BCUT2D eigenvalue weighted by Crippen LogP contribution is 2.29. The van der Waals surface area contributed by atoms with Crippen LogP contribution >= 0.6 is 15.9 Å².